The maximum absolute atomic E-state index is 14.7. The van der Waals surface area contributed by atoms with Gasteiger partial charge in [-0.15, -0.1) is 0 Å². The summed E-state index contributed by atoms with van der Waals surface area (Å²) in [6, 6.07) is -1.94. The van der Waals surface area contributed by atoms with Crippen molar-refractivity contribution in [3.63, 3.8) is 0 Å². The molecule has 108 heavy (non-hydrogen) atoms. The third kappa shape index (κ3) is 23.5. The maximum atomic E-state index is 14.7. The van der Waals surface area contributed by atoms with E-state index >= 15 is 0 Å². The molecule has 6 fully saturated rings. The number of halogens is 2. The fourth-order valence-corrected chi connectivity index (χ4v) is 14.3. The first kappa shape index (κ1) is 83.0. The van der Waals surface area contributed by atoms with Gasteiger partial charge in [0.2, 0.25) is 53.0 Å². The molecule has 4 saturated carbocycles. The molecule has 4 aromatic rings. The first-order valence-electron chi connectivity index (χ1n) is 37.9. The van der Waals surface area contributed by atoms with Gasteiger partial charge in [-0.3, -0.25) is 62.7 Å². The lowest BCUT2D eigenvalue weighted by Crippen LogP contribution is -2.62. The van der Waals surface area contributed by atoms with Crippen LogP contribution in [0.25, 0.3) is 0 Å². The van der Waals surface area contributed by atoms with Crippen molar-refractivity contribution >= 4 is 88.1 Å². The summed E-state index contributed by atoms with van der Waals surface area (Å²) in [6.45, 7) is 14.5. The normalized spacial score (nSPS) is 20.9. The van der Waals surface area contributed by atoms with Gasteiger partial charge in [0, 0.05) is 74.2 Å². The van der Waals surface area contributed by atoms with Crippen LogP contribution < -0.4 is 52.0 Å². The number of amides is 10. The van der Waals surface area contributed by atoms with Crippen LogP contribution in [0, 0.1) is 22.7 Å². The van der Waals surface area contributed by atoms with Gasteiger partial charge in [-0.25, -0.2) is 19.9 Å². The van der Waals surface area contributed by atoms with Crippen molar-refractivity contribution in [2.45, 2.75) is 263 Å². The molecule has 0 spiro atoms. The van der Waals surface area contributed by atoms with Crippen LogP contribution in [0.5, 0.6) is 11.8 Å². The number of carbonyl (C=O) groups is 11. The number of aromatic nitrogens is 6. The van der Waals surface area contributed by atoms with E-state index in [1.165, 1.54) is 59.4 Å². The summed E-state index contributed by atoms with van der Waals surface area (Å²) >= 11 is 12.0. The molecule has 11 atom stereocenters. The Morgan fingerprint density at radius 3 is 1.31 bits per heavy atom. The average Bonchev–Trinajstić information content (AvgIpc) is 1.59. The third-order valence-electron chi connectivity index (χ3n) is 20.3. The van der Waals surface area contributed by atoms with Crippen LogP contribution >= 0.6 is 23.2 Å². The van der Waals surface area contributed by atoms with Crippen LogP contribution in [0.1, 0.15) is 205 Å². The molecule has 2 saturated heterocycles. The van der Waals surface area contributed by atoms with Gasteiger partial charge in [0.1, 0.15) is 59.8 Å². The molecule has 30 nitrogen and oxygen atoms in total. The lowest BCUT2D eigenvalue weighted by Gasteiger charge is -2.37. The summed E-state index contributed by atoms with van der Waals surface area (Å²) in [4.78, 5) is 179. The van der Waals surface area contributed by atoms with Gasteiger partial charge < -0.3 is 66.9 Å². The largest absolute Gasteiger partial charge is 0.472 e. The number of ketones is 1. The molecule has 4 aromatic heterocycles. The predicted molar refractivity (Wildman–Crippen MR) is 397 cm³/mol. The molecule has 32 heteroatoms. The van der Waals surface area contributed by atoms with Gasteiger partial charge in [-0.05, 0) is 99.0 Å². The van der Waals surface area contributed by atoms with Crippen molar-refractivity contribution in [3.05, 3.63) is 95.3 Å². The number of hydrogen-bond donors (Lipinski definition) is 9. The number of nitrogens with one attached hydrogen (secondary N) is 8. The smallest absolute Gasteiger partial charge is 0.289 e. The molecule has 9 N–H and O–H groups in total. The van der Waals surface area contributed by atoms with E-state index in [2.05, 4.69) is 72.4 Å². The highest BCUT2D eigenvalue weighted by atomic mass is 35.5. The molecule has 1 unspecified atom stereocenters. The Balaban J connectivity index is 0.000000249. The van der Waals surface area contributed by atoms with Crippen LogP contribution in [0.2, 0.25) is 10.0 Å². The van der Waals surface area contributed by atoms with E-state index in [1.54, 1.807) is 45.0 Å². The van der Waals surface area contributed by atoms with Gasteiger partial charge >= 0.3 is 0 Å². The molecule has 10 rings (SSSR count). The minimum absolute atomic E-state index is 0.0116. The van der Waals surface area contributed by atoms with E-state index in [1.807, 2.05) is 34.6 Å². The number of hydrogen-bond acceptors (Lipinski definition) is 20. The summed E-state index contributed by atoms with van der Waals surface area (Å²) in [5, 5.41) is 34.5. The summed E-state index contributed by atoms with van der Waals surface area (Å²) in [5.74, 6) is -6.29. The lowest BCUT2D eigenvalue weighted by molar-refractivity contribution is -0.145. The van der Waals surface area contributed by atoms with Crippen LogP contribution in [0.15, 0.2) is 73.8 Å². The molecule has 10 amide bonds. The Hall–Kier alpha value is -9.03. The number of likely N-dealkylation sites (tertiary alicyclic amines) is 2. The predicted octanol–water partition coefficient (Wildman–Crippen LogP) is 5.62. The SMILES string of the molecule is CCC[C@H](NC(=O)[C@@H]1C[C@@H](Oc2ccc(Cl)cn2)CN1C(=O)[C@@H](NC(=O)[C@@H](NC(=O)c1cnccn1)C1CCCCC1)C(C)(C)C)C(=O)C(=O)NC1CC1.CCC[C@H](NC(=O)[C@@H]1C[C@@H](Oc2ccc(Cl)cn2)CN1C(=O)[C@@H](NC(=O)[C@@H](NC(=O)c1cnccn1)C1CCCCC1)C(C)(C)C)C(O)C(=O)NC1CC1. The molecule has 4 aliphatic carbocycles. The third-order valence-corrected chi connectivity index (χ3v) is 20.7. The van der Waals surface area contributed by atoms with Gasteiger partial charge in [-0.2, -0.15) is 0 Å². The van der Waals surface area contributed by atoms with Crippen molar-refractivity contribution in [2.24, 2.45) is 22.7 Å². The number of ether oxygens (including phenoxy) is 2. The molecular formula is C76H104Cl2N16O14. The van der Waals surface area contributed by atoms with E-state index < -0.39 is 142 Å². The standard InChI is InChI=1S/C38H53ClN8O7.C38H51ClN8O7/c2*1-5-9-26(31(48)36(52)43-24-13-14-24)44-34(50)28-18-25(54-29-15-12-23(39)19-42-29)21-47(28)37(53)32(38(2,3)4)46-35(51)30(22-10-7-6-8-11-22)45-33(49)27-20-40-16-17-41-27/h12,15-17,19-20,22,24-26,28,30-32,48H,5-11,13-14,18,21H2,1-4H3,(H,43,52)(H,44,50)(H,45,49)(H,46,51);12,15-17,19-20,22,24-26,28,30,32H,5-11,13-14,18,21H2,1-4H3,(H,43,52)(H,44,50)(H,45,49)(H,46,51)/t25-,26+,28+,30+,31?,32-;25-,26+,28+,30+,32-/m11/s1. The second-order valence-electron chi connectivity index (χ2n) is 31.2. The fraction of sp³-hybridized carbons (Fsp3) is 0.618. The highest BCUT2D eigenvalue weighted by Crippen LogP contribution is 2.34. The second-order valence-corrected chi connectivity index (χ2v) is 32.1. The zero-order chi connectivity index (χ0) is 78.0. The molecule has 6 aliphatic rings. The molecule has 6 heterocycles. The van der Waals surface area contributed by atoms with Crippen molar-refractivity contribution in [2.75, 3.05) is 13.1 Å². The number of pyridine rings is 2. The van der Waals surface area contributed by atoms with E-state index in [-0.39, 0.29) is 79.4 Å². The van der Waals surface area contributed by atoms with E-state index in [0.717, 1.165) is 89.9 Å². The summed E-state index contributed by atoms with van der Waals surface area (Å²) in [6.07, 6.45) is 21.9. The molecule has 0 bridgehead atoms. The Labute approximate surface area is 639 Å². The Kier molecular flexibility index (Phi) is 29.5. The van der Waals surface area contributed by atoms with Crippen LogP contribution in [-0.2, 0) is 43.2 Å². The second kappa shape index (κ2) is 38.4. The summed E-state index contributed by atoms with van der Waals surface area (Å²) in [5.41, 5.74) is -1.55. The van der Waals surface area contributed by atoms with Crippen LogP contribution in [0.4, 0.5) is 0 Å². The van der Waals surface area contributed by atoms with E-state index in [4.69, 9.17) is 32.7 Å². The molecule has 0 radical (unpaired) electrons. The number of aliphatic hydroxyl groups is 1. The van der Waals surface area contributed by atoms with Crippen molar-refractivity contribution in [1.29, 1.82) is 0 Å². The van der Waals surface area contributed by atoms with Gasteiger partial charge in [0.25, 0.3) is 23.6 Å². The summed E-state index contributed by atoms with van der Waals surface area (Å²) in [7, 11) is 0. The first-order valence-corrected chi connectivity index (χ1v) is 38.6. The zero-order valence-electron chi connectivity index (χ0n) is 62.7. The molecular weight excluding hydrogens is 1430 g/mol. The Morgan fingerprint density at radius 2 is 0.935 bits per heavy atom. The lowest BCUT2D eigenvalue weighted by atomic mass is 9.82. The Morgan fingerprint density at radius 1 is 0.509 bits per heavy atom. The first-order chi connectivity index (χ1) is 51.5. The topological polar surface area (TPSA) is 407 Å². The van der Waals surface area contributed by atoms with Crippen molar-refractivity contribution < 1.29 is 67.3 Å². The minimum Gasteiger partial charge on any atom is -0.472 e. The Bertz CT molecular complexity index is 3760. The van der Waals surface area contributed by atoms with Gasteiger partial charge in [0.05, 0.1) is 47.6 Å². The molecule has 0 aromatic carbocycles. The number of Topliss-reactive ketones (excluding diaryl/α,β-unsaturated/α-hetero) is 1. The van der Waals surface area contributed by atoms with Crippen molar-refractivity contribution in [1.82, 2.24) is 82.2 Å². The van der Waals surface area contributed by atoms with Crippen LogP contribution in [-0.4, -0.2) is 201 Å². The molecule has 586 valence electrons. The minimum atomic E-state index is -1.49. The highest BCUT2D eigenvalue weighted by molar-refractivity contribution is 6.38. The van der Waals surface area contributed by atoms with E-state index in [0.29, 0.717) is 29.3 Å². The van der Waals surface area contributed by atoms with Gasteiger partial charge in [-0.1, -0.05) is 130 Å². The summed E-state index contributed by atoms with van der Waals surface area (Å²) < 4.78 is 12.2. The molecule has 2 aliphatic heterocycles. The number of carbonyl (C=O) groups excluding carboxylic acids is 11. The monoisotopic (exact) mass is 1530 g/mol. The number of rotatable bonds is 30. The zero-order valence-corrected chi connectivity index (χ0v) is 64.2. The number of nitrogens with zero attached hydrogens (tertiary/aromatic N) is 8. The van der Waals surface area contributed by atoms with Gasteiger partial charge in [0.15, 0.2) is 6.10 Å². The highest BCUT2D eigenvalue weighted by Gasteiger charge is 2.50. The average molecular weight is 1540 g/mol. The van der Waals surface area contributed by atoms with Crippen molar-refractivity contribution in [3.8, 4) is 11.8 Å². The number of aliphatic hydroxyl groups excluding tert-OH is 1. The van der Waals surface area contributed by atoms with Crippen LogP contribution in [0.3, 0.4) is 0 Å². The maximum Gasteiger partial charge on any atom is 0.289 e. The fourth-order valence-electron chi connectivity index (χ4n) is 14.1. The van der Waals surface area contributed by atoms with E-state index in [9.17, 15) is 57.8 Å². The quantitative estimate of drug-likeness (QED) is 0.0286.